The minimum atomic E-state index is -3.92. The number of fused-ring (bicyclic) bond motifs is 1. The Morgan fingerprint density at radius 3 is 2.65 bits per heavy atom. The van der Waals surface area contributed by atoms with Crippen LogP contribution in [0.15, 0.2) is 55.0 Å². The van der Waals surface area contributed by atoms with E-state index in [1.54, 1.807) is 24.2 Å². The quantitative estimate of drug-likeness (QED) is 0.860. The van der Waals surface area contributed by atoms with Crippen LogP contribution < -0.4 is 0 Å². The number of rotatable bonds is 4. The fraction of sp³-hybridized carbons (Fsp3) is 0.267. The van der Waals surface area contributed by atoms with Gasteiger partial charge in [-0.3, -0.25) is 9.51 Å². The lowest BCUT2D eigenvalue weighted by Crippen LogP contribution is -2.22. The topological polar surface area (TPSA) is 75.1 Å². The molecule has 0 spiro atoms. The number of benzene rings is 1. The zero-order valence-electron chi connectivity index (χ0n) is 13.1. The third-order valence-corrected chi connectivity index (χ3v) is 3.86. The second-order valence-electron chi connectivity index (χ2n) is 4.78. The summed E-state index contributed by atoms with van der Waals surface area (Å²) in [5.74, 6) is 0. The van der Waals surface area contributed by atoms with Crippen molar-refractivity contribution >= 4 is 18.7 Å². The molecule has 1 aliphatic rings. The van der Waals surface area contributed by atoms with Crippen molar-refractivity contribution in [1.82, 2.24) is 14.9 Å². The molecule has 23 heavy (non-hydrogen) atoms. The van der Waals surface area contributed by atoms with Crippen LogP contribution in [-0.2, 0) is 13.7 Å². The van der Waals surface area contributed by atoms with Crippen LogP contribution in [0.3, 0.4) is 0 Å². The van der Waals surface area contributed by atoms with Crippen molar-refractivity contribution in [3.63, 3.8) is 0 Å². The van der Waals surface area contributed by atoms with Crippen molar-refractivity contribution in [2.75, 3.05) is 20.3 Å². The van der Waals surface area contributed by atoms with Gasteiger partial charge in [-0.1, -0.05) is 24.3 Å². The number of aromatic nitrogens is 1. The minimum absolute atomic E-state index is 0.140. The number of para-hydroxylation sites is 1. The first-order valence-corrected chi connectivity index (χ1v) is 8.62. The van der Waals surface area contributed by atoms with Crippen LogP contribution in [-0.4, -0.2) is 40.2 Å². The number of nitrogens with zero attached hydrogens (tertiary/aromatic N) is 3. The highest BCUT2D eigenvalue weighted by molar-refractivity contribution is 7.47. The van der Waals surface area contributed by atoms with E-state index in [-0.39, 0.29) is 6.61 Å². The van der Waals surface area contributed by atoms with Crippen LogP contribution in [0.5, 0.6) is 0 Å². The molecule has 124 valence electrons. The average molecular weight is 337 g/mol. The van der Waals surface area contributed by atoms with Crippen LogP contribution in [0.2, 0.25) is 0 Å². The maximum atomic E-state index is 11.1. The fourth-order valence-corrected chi connectivity index (χ4v) is 2.64. The van der Waals surface area contributed by atoms with E-state index in [1.807, 2.05) is 37.5 Å². The van der Waals surface area contributed by atoms with E-state index in [4.69, 9.17) is 9.52 Å². The van der Waals surface area contributed by atoms with Gasteiger partial charge in [0.05, 0.1) is 12.1 Å². The van der Waals surface area contributed by atoms with Crippen molar-refractivity contribution in [3.8, 4) is 0 Å². The average Bonchev–Trinajstić information content (AvgIpc) is 2.92. The summed E-state index contributed by atoms with van der Waals surface area (Å²) < 4.78 is 20.3. The zero-order chi connectivity index (χ0) is 16.7. The molecule has 0 aliphatic carbocycles. The molecule has 8 heteroatoms. The van der Waals surface area contributed by atoms with Gasteiger partial charge in [0.25, 0.3) is 0 Å². The minimum Gasteiger partial charge on any atom is -0.360 e. The van der Waals surface area contributed by atoms with Crippen LogP contribution in [0.1, 0.15) is 6.92 Å². The number of hydroxylamine groups is 2. The lowest BCUT2D eigenvalue weighted by molar-refractivity contribution is -0.0523. The van der Waals surface area contributed by atoms with Crippen molar-refractivity contribution in [1.29, 1.82) is 0 Å². The Kier molecular flexibility index (Phi) is 6.12. The highest BCUT2D eigenvalue weighted by Gasteiger charge is 2.25. The largest absolute Gasteiger partial charge is 0.493 e. The van der Waals surface area contributed by atoms with Gasteiger partial charge in [-0.2, -0.15) is 4.62 Å². The van der Waals surface area contributed by atoms with Crippen molar-refractivity contribution in [3.05, 3.63) is 55.0 Å². The number of phosphoric ester groups is 1. The first-order valence-electron chi connectivity index (χ1n) is 7.12. The Labute approximate surface area is 135 Å². The number of hydrogen-bond donors (Lipinski definition) is 1. The highest BCUT2D eigenvalue weighted by Crippen LogP contribution is 2.44. The third kappa shape index (κ3) is 5.65. The standard InChI is InChI=1S/C9H7N.C6H13N2O4P/c1-2-6-9-8(4-1)5-3-7-10-9;1-3-11-13(9,10)12-8-5-4-7(2)6-8/h1-7H;4-5H,3,6H2,1-2H3,(H,9,10). The summed E-state index contributed by atoms with van der Waals surface area (Å²) in [5, 5.41) is 2.45. The second-order valence-corrected chi connectivity index (χ2v) is 6.14. The molecule has 0 saturated carbocycles. The Morgan fingerprint density at radius 2 is 2.00 bits per heavy atom. The maximum Gasteiger partial charge on any atom is 0.493 e. The summed E-state index contributed by atoms with van der Waals surface area (Å²) in [7, 11) is -2.10. The summed E-state index contributed by atoms with van der Waals surface area (Å²) in [6, 6.07) is 12.1. The molecule has 1 aromatic heterocycles. The maximum absolute atomic E-state index is 11.1. The van der Waals surface area contributed by atoms with Crippen LogP contribution in [0.4, 0.5) is 0 Å². The molecule has 2 aromatic rings. The molecule has 3 rings (SSSR count). The van der Waals surface area contributed by atoms with Crippen LogP contribution in [0.25, 0.3) is 10.9 Å². The number of hydrogen-bond acceptors (Lipinski definition) is 6. The van der Waals surface area contributed by atoms with Crippen molar-refractivity contribution < 1.29 is 18.6 Å². The summed E-state index contributed by atoms with van der Waals surface area (Å²) in [6.07, 6.45) is 5.09. The van der Waals surface area contributed by atoms with Gasteiger partial charge >= 0.3 is 7.82 Å². The predicted octanol–water partition coefficient (Wildman–Crippen LogP) is 2.97. The Balaban J connectivity index is 0.000000172. The fourth-order valence-electron chi connectivity index (χ4n) is 1.89. The van der Waals surface area contributed by atoms with Gasteiger partial charge in [-0.15, -0.1) is 0 Å². The SMILES string of the molecule is CCOP(=O)(O)ON1C=CN(C)C1.c1ccc2ncccc2c1. The summed E-state index contributed by atoms with van der Waals surface area (Å²) in [5.41, 5.74) is 1.06. The van der Waals surface area contributed by atoms with E-state index in [0.717, 1.165) is 5.52 Å². The molecule has 1 aromatic carbocycles. The zero-order valence-corrected chi connectivity index (χ0v) is 14.0. The molecule has 7 nitrogen and oxygen atoms in total. The molecular weight excluding hydrogens is 317 g/mol. The molecule has 0 saturated heterocycles. The second kappa shape index (κ2) is 8.08. The van der Waals surface area contributed by atoms with Crippen LogP contribution in [0, 0.1) is 0 Å². The first kappa shape index (κ1) is 17.4. The van der Waals surface area contributed by atoms with Gasteiger partial charge in [0.15, 0.2) is 0 Å². The molecule has 0 amide bonds. The van der Waals surface area contributed by atoms with Gasteiger partial charge in [0, 0.05) is 31.0 Å². The number of phosphoric acid groups is 1. The Hall–Kier alpha value is -1.92. The van der Waals surface area contributed by atoms with E-state index in [9.17, 15) is 4.57 Å². The smallest absolute Gasteiger partial charge is 0.360 e. The molecule has 0 radical (unpaired) electrons. The third-order valence-electron chi connectivity index (χ3n) is 2.86. The summed E-state index contributed by atoms with van der Waals surface area (Å²) in [4.78, 5) is 15.1. The van der Waals surface area contributed by atoms with Crippen LogP contribution >= 0.6 is 7.82 Å². The van der Waals surface area contributed by atoms with E-state index in [2.05, 4.69) is 21.6 Å². The Morgan fingerprint density at radius 1 is 1.26 bits per heavy atom. The van der Waals surface area contributed by atoms with Gasteiger partial charge in [0.2, 0.25) is 0 Å². The lowest BCUT2D eigenvalue weighted by atomic mass is 10.2. The van der Waals surface area contributed by atoms with Gasteiger partial charge in [-0.05, 0) is 19.1 Å². The first-order chi connectivity index (χ1) is 11.0. The molecule has 1 aliphatic heterocycles. The molecule has 0 fully saturated rings. The van der Waals surface area contributed by atoms with Gasteiger partial charge in [0.1, 0.15) is 6.67 Å². The Bertz CT molecular complexity index is 644. The van der Waals surface area contributed by atoms with Crippen molar-refractivity contribution in [2.45, 2.75) is 6.92 Å². The molecule has 1 unspecified atom stereocenters. The molecule has 1 N–H and O–H groups in total. The molecule has 0 bridgehead atoms. The molecular formula is C15H20N3O4P. The normalized spacial score (nSPS) is 16.1. The predicted molar refractivity (Wildman–Crippen MR) is 87.9 cm³/mol. The lowest BCUT2D eigenvalue weighted by Gasteiger charge is -2.19. The number of pyridine rings is 1. The molecule has 1 atom stereocenters. The van der Waals surface area contributed by atoms with Gasteiger partial charge < -0.3 is 9.79 Å². The van der Waals surface area contributed by atoms with E-state index in [1.165, 1.54) is 10.4 Å². The van der Waals surface area contributed by atoms with Crippen molar-refractivity contribution in [2.24, 2.45) is 0 Å². The molecule has 2 heterocycles. The monoisotopic (exact) mass is 337 g/mol. The van der Waals surface area contributed by atoms with E-state index >= 15 is 0 Å². The summed E-state index contributed by atoms with van der Waals surface area (Å²) >= 11 is 0. The van der Waals surface area contributed by atoms with E-state index in [0.29, 0.717) is 6.67 Å². The van der Waals surface area contributed by atoms with Gasteiger partial charge in [-0.25, -0.2) is 9.63 Å². The summed E-state index contributed by atoms with van der Waals surface area (Å²) in [6.45, 7) is 2.18. The highest BCUT2D eigenvalue weighted by atomic mass is 31.2. The van der Waals surface area contributed by atoms with E-state index < -0.39 is 7.82 Å².